The van der Waals surface area contributed by atoms with Crippen LogP contribution in [0.1, 0.15) is 44.6 Å². The SMILES string of the molecule is CNC(=O)CCC(=O)N1Cc2ccccc2-c2c(nnn2CCCCC23N4CN5C(=O)N6CN7C(=O)N8CN9C(=O)N%10CN%11C(=O)N%12CN%13C(=O)N%14CN%15C(=O)N%16CN(C4=O)C2(C)N2CN4C(=O)N(CN%17C(=O)N(CN%18C(=O)N(CN%19C(=O)N(CN%20C(=O)N(CN%21C(=O)N(CN3C2=O)C5C6%21)C7C8%20)C9C%10%19)C%11C%12%18)C%13C%14%17)C%15C%164)-c2ccccc21. The molecule has 0 aliphatic carbocycles. The van der Waals surface area contributed by atoms with Gasteiger partial charge in [-0.3, -0.25) is 147 Å². The molecule has 1 N–H and O–H groups in total. The predicted octanol–water partition coefficient (Wildman–Crippen LogP) is -2.68. The van der Waals surface area contributed by atoms with Gasteiger partial charge in [0.1, 0.15) is 99.1 Å². The van der Waals surface area contributed by atoms with E-state index >= 15 is 67.1 Å². The smallest absolute Gasteiger partial charge is 0.326 e. The molecule has 0 saturated carbocycles. The number of hydrogen-bond acceptors (Lipinski definition) is 18. The number of urea groups is 14. The van der Waals surface area contributed by atoms with E-state index in [0.29, 0.717) is 28.2 Å². The lowest BCUT2D eigenvalue weighted by Gasteiger charge is -2.52. The van der Waals surface area contributed by atoms with Crippen LogP contribution < -0.4 is 10.2 Å². The number of carbonyl (C=O) groups excluding carboxylic acids is 16. The van der Waals surface area contributed by atoms with Crippen molar-refractivity contribution in [3.05, 3.63) is 54.1 Å². The summed E-state index contributed by atoms with van der Waals surface area (Å²) in [6.45, 7) is -6.23. The summed E-state index contributed by atoms with van der Waals surface area (Å²) in [4.78, 5) is 290. The standard InChI is InChI=1S/C67H69N33O16/c1-66-67(15-7-8-16-100-39-33-10-4-3-9-32(33)17-71(37(102)14-13-36(101)68-2)35-12-6-5-11-34(35)38(39)69-70-100)98-30-94-51-49-90(62(94)113)26-86-47-45-82(58(86)109)22-78-43-41-74(54(78)105)18-72-40-42-76(52(72)103)20-80-44-46-84(56(80)107)24-88-48-50(92(60(88)111)28-96(66)64(98)115)93-29-97(66)65(116)99(67)31-95(51)63(114)91(49)27-87(47)59(110)83(45)23-79(43)55(106)75(41)19-73(40)53(104)77(42)21-81(44)57(108)85(46)25-89(48)61(93)112/h3-6,9-12,40-51H,7-8,13-31H2,1-2H3,(H,68,101). The highest BCUT2D eigenvalue weighted by atomic mass is 16.3. The molecule has 0 radical (unpaired) electrons. The Morgan fingerprint density at radius 2 is 0.655 bits per heavy atom. The van der Waals surface area contributed by atoms with Crippen LogP contribution in [0.4, 0.5) is 72.8 Å². The van der Waals surface area contributed by atoms with Crippen molar-refractivity contribution in [2.24, 2.45) is 0 Å². The maximum Gasteiger partial charge on any atom is 0.326 e. The van der Waals surface area contributed by atoms with Crippen molar-refractivity contribution in [3.63, 3.8) is 0 Å². The molecule has 1 aromatic heterocycles. The third-order valence-corrected chi connectivity index (χ3v) is 29.1. The average molecular weight is 1590 g/mol. The molecule has 23 heterocycles. The third kappa shape index (κ3) is 6.95. The van der Waals surface area contributed by atoms with E-state index in [9.17, 15) is 9.59 Å². The summed E-state index contributed by atoms with van der Waals surface area (Å²) in [5.41, 5.74) is -0.272. The van der Waals surface area contributed by atoms with E-state index in [0.717, 1.165) is 5.56 Å². The quantitative estimate of drug-likeness (QED) is 0.225. The Bertz CT molecular complexity index is 5130. The molecule has 49 nitrogen and oxygen atoms in total. The summed E-state index contributed by atoms with van der Waals surface area (Å²) in [6, 6.07) is 4.24. The molecule has 21 fully saturated rings. The van der Waals surface area contributed by atoms with Crippen LogP contribution in [0.2, 0.25) is 0 Å². The largest absolute Gasteiger partial charge is 0.359 e. The highest BCUT2D eigenvalue weighted by molar-refractivity contribution is 6.02. The number of amides is 30. The van der Waals surface area contributed by atoms with Gasteiger partial charge in [-0.1, -0.05) is 47.7 Å². The van der Waals surface area contributed by atoms with E-state index in [4.69, 9.17) is 10.3 Å². The Kier molecular flexibility index (Phi) is 11.5. The monoisotopic (exact) mass is 1590 g/mol. The molecule has 21 saturated heterocycles. The van der Waals surface area contributed by atoms with Crippen LogP contribution in [0, 0.1) is 0 Å². The van der Waals surface area contributed by atoms with Gasteiger partial charge in [-0.05, 0) is 37.8 Å². The molecule has 25 rings (SSSR count). The number of para-hydroxylation sites is 1. The van der Waals surface area contributed by atoms with E-state index < -0.39 is 263 Å². The van der Waals surface area contributed by atoms with Gasteiger partial charge in [-0.15, -0.1) is 5.10 Å². The summed E-state index contributed by atoms with van der Waals surface area (Å²) < 4.78 is 1.75. The molecule has 49 heteroatoms. The average Bonchev–Trinajstić information content (AvgIpc) is 1.47. The minimum absolute atomic E-state index is 0.0362. The maximum absolute atomic E-state index is 16.9. The molecule has 2 aromatic carbocycles. The fourth-order valence-electron chi connectivity index (χ4n) is 24.1. The van der Waals surface area contributed by atoms with Crippen molar-refractivity contribution in [2.45, 2.75) is 137 Å². The van der Waals surface area contributed by atoms with Crippen LogP contribution in [-0.2, 0) is 22.7 Å². The number of aromatic nitrogens is 3. The number of fused-ring (bicyclic) bond motifs is 5. The van der Waals surface area contributed by atoms with Crippen molar-refractivity contribution in [1.29, 1.82) is 0 Å². The zero-order valence-electron chi connectivity index (χ0n) is 61.7. The summed E-state index contributed by atoms with van der Waals surface area (Å²) in [7, 11) is 1.51. The summed E-state index contributed by atoms with van der Waals surface area (Å²) in [6.07, 6.45) is -15.6. The maximum atomic E-state index is 16.9. The first-order chi connectivity index (χ1) is 56.0. The van der Waals surface area contributed by atoms with Crippen LogP contribution >= 0.6 is 0 Å². The van der Waals surface area contributed by atoms with Gasteiger partial charge >= 0.3 is 84.4 Å². The molecule has 22 aliphatic rings. The van der Waals surface area contributed by atoms with E-state index in [1.54, 1.807) is 16.5 Å². The molecule has 116 heavy (non-hydrogen) atoms. The minimum Gasteiger partial charge on any atom is -0.359 e. The highest BCUT2D eigenvalue weighted by Crippen LogP contribution is 2.60. The highest BCUT2D eigenvalue weighted by Gasteiger charge is 2.82. The Balaban J connectivity index is 0.622. The molecular weight excluding hydrogens is 1520 g/mol. The summed E-state index contributed by atoms with van der Waals surface area (Å²) in [5, 5.41) is 12.2. The fourth-order valence-corrected chi connectivity index (χ4v) is 24.1. The van der Waals surface area contributed by atoms with Crippen molar-refractivity contribution >= 4 is 102 Å². The second-order valence-corrected chi connectivity index (χ2v) is 33.5. The van der Waals surface area contributed by atoms with Crippen LogP contribution in [0.3, 0.4) is 0 Å². The molecule has 0 bridgehead atoms. The Hall–Kier alpha value is -13.7. The second-order valence-electron chi connectivity index (χ2n) is 33.5. The van der Waals surface area contributed by atoms with Crippen LogP contribution in [0.5, 0.6) is 0 Å². The number of aryl methyl sites for hydroxylation is 1. The Morgan fingerprint density at radius 3 is 0.983 bits per heavy atom. The number of anilines is 1. The normalized spacial score (nSPS) is 34.0. The first-order valence-corrected chi connectivity index (χ1v) is 38.7. The number of hydrogen-bond donors (Lipinski definition) is 1. The lowest BCUT2D eigenvalue weighted by Crippen LogP contribution is -2.72. The van der Waals surface area contributed by atoms with E-state index in [1.807, 2.05) is 48.5 Å². The van der Waals surface area contributed by atoms with Crippen LogP contribution in [0.15, 0.2) is 48.5 Å². The lowest BCUT2D eigenvalue weighted by atomic mass is 9.87. The first kappa shape index (κ1) is 64.8. The number of carbonyl (C=O) groups is 16. The number of nitrogens with one attached hydrogen (secondary N) is 1. The van der Waals surface area contributed by atoms with Crippen molar-refractivity contribution in [2.75, 3.05) is 105 Å². The summed E-state index contributed by atoms with van der Waals surface area (Å²) in [5.74, 6) is -0.582. The van der Waals surface area contributed by atoms with Crippen LogP contribution in [0.25, 0.3) is 22.5 Å². The molecule has 0 unspecified atom stereocenters. The fraction of sp³-hybridized carbons (Fsp3) is 0.552. The Morgan fingerprint density at radius 1 is 0.362 bits per heavy atom. The zero-order chi connectivity index (χ0) is 78.6. The number of rotatable bonds is 8. The molecule has 598 valence electrons. The van der Waals surface area contributed by atoms with Crippen LogP contribution in [-0.4, -0.2) is 434 Å². The number of nitrogens with zero attached hydrogens (tertiary/aromatic N) is 32. The molecule has 3 aromatic rings. The van der Waals surface area contributed by atoms with E-state index in [1.165, 1.54) is 144 Å². The number of unbranched alkanes of at least 4 members (excludes halogenated alkanes) is 1. The Labute approximate surface area is 653 Å². The second kappa shape index (κ2) is 20.6. The van der Waals surface area contributed by atoms with Gasteiger partial charge in [0.25, 0.3) is 0 Å². The van der Waals surface area contributed by atoms with Gasteiger partial charge in [-0.2, -0.15) is 0 Å². The lowest BCUT2D eigenvalue weighted by molar-refractivity contribution is -0.125. The molecule has 0 atom stereocenters. The summed E-state index contributed by atoms with van der Waals surface area (Å²) >= 11 is 0. The van der Waals surface area contributed by atoms with Gasteiger partial charge in [0.15, 0.2) is 85.3 Å². The molecule has 0 spiro atoms. The van der Waals surface area contributed by atoms with Crippen molar-refractivity contribution in [3.8, 4) is 22.5 Å². The topological polar surface area (TPSA) is 410 Å². The van der Waals surface area contributed by atoms with Gasteiger partial charge < -0.3 is 10.2 Å². The number of benzene rings is 2. The van der Waals surface area contributed by atoms with Gasteiger partial charge in [0.05, 0.1) is 17.9 Å². The van der Waals surface area contributed by atoms with Gasteiger partial charge in [-0.25, -0.2) is 71.8 Å². The molecule has 22 aliphatic heterocycles. The van der Waals surface area contributed by atoms with Gasteiger partial charge in [0, 0.05) is 37.6 Å². The first-order valence-electron chi connectivity index (χ1n) is 38.7. The molecular formula is C67H69N33O16. The van der Waals surface area contributed by atoms with Crippen molar-refractivity contribution in [1.82, 2.24) is 158 Å². The predicted molar refractivity (Wildman–Crippen MR) is 371 cm³/mol. The zero-order valence-corrected chi connectivity index (χ0v) is 61.7. The van der Waals surface area contributed by atoms with Crippen molar-refractivity contribution < 1.29 is 76.7 Å². The third-order valence-electron chi connectivity index (χ3n) is 29.1. The molecule has 30 amide bonds. The van der Waals surface area contributed by atoms with Gasteiger partial charge in [0.2, 0.25) is 11.8 Å². The van der Waals surface area contributed by atoms with E-state index in [2.05, 4.69) is 5.32 Å². The minimum atomic E-state index is -1.98. The van der Waals surface area contributed by atoms with E-state index in [-0.39, 0.29) is 57.0 Å².